The Hall–Kier alpha value is -1.25. The average Bonchev–Trinajstić information content (AvgIpc) is 2.78. The molecule has 0 aliphatic carbocycles. The first-order chi connectivity index (χ1) is 9.11. The maximum Gasteiger partial charge on any atom is 0.125 e. The number of benzene rings is 1. The first-order valence-corrected chi connectivity index (χ1v) is 7.05. The number of hydrogen-bond acceptors (Lipinski definition) is 2. The van der Waals surface area contributed by atoms with Crippen LogP contribution in [0.1, 0.15) is 42.0 Å². The van der Waals surface area contributed by atoms with Gasteiger partial charge in [-0.2, -0.15) is 0 Å². The third-order valence-corrected chi connectivity index (χ3v) is 3.42. The van der Waals surface area contributed by atoms with Crippen molar-refractivity contribution in [1.82, 2.24) is 5.32 Å². The molecule has 2 rings (SSSR count). The van der Waals surface area contributed by atoms with Crippen molar-refractivity contribution in [2.45, 2.75) is 33.2 Å². The largest absolute Gasteiger partial charge is 0.464 e. The first-order valence-electron chi connectivity index (χ1n) is 6.67. The van der Waals surface area contributed by atoms with Gasteiger partial charge in [0.05, 0.1) is 6.04 Å². The second-order valence-electron chi connectivity index (χ2n) is 4.84. The van der Waals surface area contributed by atoms with Crippen molar-refractivity contribution >= 4 is 11.6 Å². The Morgan fingerprint density at radius 2 is 2.00 bits per heavy atom. The van der Waals surface area contributed by atoms with Gasteiger partial charge in [-0.15, -0.1) is 0 Å². The van der Waals surface area contributed by atoms with Gasteiger partial charge in [-0.05, 0) is 62.2 Å². The molecule has 0 amide bonds. The van der Waals surface area contributed by atoms with Crippen LogP contribution in [-0.4, -0.2) is 6.54 Å². The van der Waals surface area contributed by atoms with Crippen LogP contribution >= 0.6 is 11.6 Å². The minimum atomic E-state index is 0.0888. The van der Waals surface area contributed by atoms with Gasteiger partial charge in [-0.3, -0.25) is 0 Å². The molecule has 2 nitrogen and oxygen atoms in total. The number of hydrogen-bond donors (Lipinski definition) is 1. The van der Waals surface area contributed by atoms with E-state index in [1.807, 2.05) is 31.2 Å². The Balaban J connectivity index is 2.36. The third-order valence-electron chi connectivity index (χ3n) is 3.19. The summed E-state index contributed by atoms with van der Waals surface area (Å²) in [7, 11) is 0. The summed E-state index contributed by atoms with van der Waals surface area (Å²) in [5.41, 5.74) is 2.39. The topological polar surface area (TPSA) is 25.2 Å². The number of furan rings is 1. The zero-order valence-electron chi connectivity index (χ0n) is 11.7. The van der Waals surface area contributed by atoms with Gasteiger partial charge < -0.3 is 9.73 Å². The zero-order chi connectivity index (χ0) is 13.8. The maximum absolute atomic E-state index is 6.03. The fourth-order valence-corrected chi connectivity index (χ4v) is 2.45. The lowest BCUT2D eigenvalue weighted by atomic mass is 9.99. The highest BCUT2D eigenvalue weighted by Crippen LogP contribution is 2.28. The summed E-state index contributed by atoms with van der Waals surface area (Å²) < 4.78 is 5.79. The van der Waals surface area contributed by atoms with Crippen molar-refractivity contribution in [2.24, 2.45) is 0 Å². The third kappa shape index (κ3) is 3.40. The lowest BCUT2D eigenvalue weighted by Crippen LogP contribution is -2.23. The fourth-order valence-electron chi connectivity index (χ4n) is 2.22. The van der Waals surface area contributed by atoms with E-state index in [0.29, 0.717) is 0 Å². The molecule has 1 aromatic carbocycles. The van der Waals surface area contributed by atoms with Gasteiger partial charge in [0.1, 0.15) is 11.5 Å². The van der Waals surface area contributed by atoms with Crippen molar-refractivity contribution in [3.8, 4) is 0 Å². The number of aryl methyl sites for hydroxylation is 2. The van der Waals surface area contributed by atoms with E-state index >= 15 is 0 Å². The Bertz CT molecular complexity index is 547. The predicted molar refractivity (Wildman–Crippen MR) is 79.8 cm³/mol. The maximum atomic E-state index is 6.03. The predicted octanol–water partition coefficient (Wildman–Crippen LogP) is 4.64. The average molecular weight is 278 g/mol. The highest BCUT2D eigenvalue weighted by Gasteiger charge is 2.18. The summed E-state index contributed by atoms with van der Waals surface area (Å²) in [4.78, 5) is 0. The molecule has 0 saturated heterocycles. The van der Waals surface area contributed by atoms with Crippen LogP contribution in [-0.2, 0) is 0 Å². The van der Waals surface area contributed by atoms with E-state index in [-0.39, 0.29) is 6.04 Å². The molecule has 0 bridgehead atoms. The van der Waals surface area contributed by atoms with E-state index in [4.69, 9.17) is 16.0 Å². The van der Waals surface area contributed by atoms with Gasteiger partial charge in [-0.1, -0.05) is 24.6 Å². The van der Waals surface area contributed by atoms with E-state index in [1.54, 1.807) is 0 Å². The number of nitrogens with one attached hydrogen (secondary N) is 1. The molecule has 0 radical (unpaired) electrons. The zero-order valence-corrected chi connectivity index (χ0v) is 12.4. The lowest BCUT2D eigenvalue weighted by Gasteiger charge is -2.19. The molecule has 0 fully saturated rings. The molecule has 0 saturated carbocycles. The van der Waals surface area contributed by atoms with Crippen molar-refractivity contribution in [2.75, 3.05) is 6.54 Å². The SMILES string of the molecule is CCCNC(c1ccc(C)o1)c1ccc(Cl)cc1C. The second-order valence-corrected chi connectivity index (χ2v) is 5.27. The van der Waals surface area contributed by atoms with Crippen LogP contribution in [0.3, 0.4) is 0 Å². The van der Waals surface area contributed by atoms with E-state index in [9.17, 15) is 0 Å². The monoisotopic (exact) mass is 277 g/mol. The Labute approximate surface area is 119 Å². The van der Waals surface area contributed by atoms with Crippen LogP contribution in [0.4, 0.5) is 0 Å². The molecule has 3 heteroatoms. The van der Waals surface area contributed by atoms with Crippen LogP contribution in [0.2, 0.25) is 5.02 Å². The van der Waals surface area contributed by atoms with Crippen molar-refractivity contribution in [3.05, 3.63) is 58.0 Å². The summed E-state index contributed by atoms with van der Waals surface area (Å²) in [6.45, 7) is 7.16. The van der Waals surface area contributed by atoms with Crippen molar-refractivity contribution in [1.29, 1.82) is 0 Å². The van der Waals surface area contributed by atoms with E-state index in [0.717, 1.165) is 29.5 Å². The minimum absolute atomic E-state index is 0.0888. The molecule has 19 heavy (non-hydrogen) atoms. The highest BCUT2D eigenvalue weighted by atomic mass is 35.5. The molecular weight excluding hydrogens is 258 g/mol. The highest BCUT2D eigenvalue weighted by molar-refractivity contribution is 6.30. The fraction of sp³-hybridized carbons (Fsp3) is 0.375. The normalized spacial score (nSPS) is 12.6. The van der Waals surface area contributed by atoms with Crippen LogP contribution in [0.25, 0.3) is 0 Å². The van der Waals surface area contributed by atoms with Crippen LogP contribution in [0, 0.1) is 13.8 Å². The molecule has 102 valence electrons. The quantitative estimate of drug-likeness (QED) is 0.861. The summed E-state index contributed by atoms with van der Waals surface area (Å²) in [6, 6.07) is 10.1. The van der Waals surface area contributed by atoms with Crippen LogP contribution in [0.5, 0.6) is 0 Å². The number of rotatable bonds is 5. The lowest BCUT2D eigenvalue weighted by molar-refractivity contribution is 0.430. The summed E-state index contributed by atoms with van der Waals surface area (Å²) in [5.74, 6) is 1.89. The summed E-state index contributed by atoms with van der Waals surface area (Å²) in [6.07, 6.45) is 1.09. The molecule has 0 aliphatic rings. The molecule has 1 N–H and O–H groups in total. The smallest absolute Gasteiger partial charge is 0.125 e. The standard InChI is InChI=1S/C16H20ClNO/c1-4-9-18-16(15-8-5-12(3)19-15)14-7-6-13(17)10-11(14)2/h5-8,10,16,18H,4,9H2,1-3H3. The molecular formula is C16H20ClNO. The molecule has 2 aromatic rings. The second kappa shape index (κ2) is 6.27. The van der Waals surface area contributed by atoms with Gasteiger partial charge in [0, 0.05) is 5.02 Å². The molecule has 1 aromatic heterocycles. The van der Waals surface area contributed by atoms with E-state index in [1.165, 1.54) is 11.1 Å². The number of halogens is 1. The van der Waals surface area contributed by atoms with Gasteiger partial charge in [0.2, 0.25) is 0 Å². The van der Waals surface area contributed by atoms with Crippen molar-refractivity contribution < 1.29 is 4.42 Å². The molecule has 1 heterocycles. The molecule has 1 atom stereocenters. The summed E-state index contributed by atoms with van der Waals surface area (Å²) in [5, 5.41) is 4.31. The Morgan fingerprint density at radius 3 is 2.58 bits per heavy atom. The van der Waals surface area contributed by atoms with Crippen LogP contribution < -0.4 is 5.32 Å². The van der Waals surface area contributed by atoms with E-state index in [2.05, 4.69) is 25.2 Å². The molecule has 0 aliphatic heterocycles. The van der Waals surface area contributed by atoms with Crippen LogP contribution in [0.15, 0.2) is 34.7 Å². The summed E-state index contributed by atoms with van der Waals surface area (Å²) >= 11 is 6.03. The Morgan fingerprint density at radius 1 is 1.21 bits per heavy atom. The van der Waals surface area contributed by atoms with Gasteiger partial charge >= 0.3 is 0 Å². The Kier molecular flexibility index (Phi) is 4.67. The minimum Gasteiger partial charge on any atom is -0.464 e. The van der Waals surface area contributed by atoms with Gasteiger partial charge in [0.25, 0.3) is 0 Å². The molecule has 1 unspecified atom stereocenters. The van der Waals surface area contributed by atoms with Crippen molar-refractivity contribution in [3.63, 3.8) is 0 Å². The first kappa shape index (κ1) is 14.2. The van der Waals surface area contributed by atoms with Gasteiger partial charge in [-0.25, -0.2) is 0 Å². The van der Waals surface area contributed by atoms with Gasteiger partial charge in [0.15, 0.2) is 0 Å². The molecule has 0 spiro atoms. The van der Waals surface area contributed by atoms with E-state index < -0.39 is 0 Å².